The van der Waals surface area contributed by atoms with Crippen LogP contribution in [0, 0.1) is 5.92 Å². The second-order valence-electron chi connectivity index (χ2n) is 8.56. The maximum absolute atomic E-state index is 12.6. The molecule has 0 aliphatic carbocycles. The Morgan fingerprint density at radius 2 is 1.97 bits per heavy atom. The first-order valence-electron chi connectivity index (χ1n) is 11.4. The van der Waals surface area contributed by atoms with Gasteiger partial charge in [0, 0.05) is 51.0 Å². The number of hydrogen-bond acceptors (Lipinski definition) is 6. The summed E-state index contributed by atoms with van der Waals surface area (Å²) in [5.74, 6) is 2.48. The molecule has 7 heteroatoms. The summed E-state index contributed by atoms with van der Waals surface area (Å²) in [6, 6.07) is 10.3. The predicted octanol–water partition coefficient (Wildman–Crippen LogP) is 2.87. The number of anilines is 1. The van der Waals surface area contributed by atoms with E-state index in [0.29, 0.717) is 24.3 Å². The lowest BCUT2D eigenvalue weighted by Gasteiger charge is -2.36. The molecule has 2 atom stereocenters. The van der Waals surface area contributed by atoms with Gasteiger partial charge < -0.3 is 19.9 Å². The van der Waals surface area contributed by atoms with Gasteiger partial charge in [0.25, 0.3) is 0 Å². The quantitative estimate of drug-likeness (QED) is 0.626. The molecule has 0 spiro atoms. The van der Waals surface area contributed by atoms with Gasteiger partial charge in [-0.25, -0.2) is 9.97 Å². The second-order valence-corrected chi connectivity index (χ2v) is 8.56. The standard InChI is InChI=1S/C24H33N5O2/c1-31-22-8-5-19(6-9-22)16-25-14-11-21-7-10-23(30)29(21)18-20-4-2-15-28(17-20)24-26-12-3-13-27-24/h3,5-6,8-9,12-13,20-21,25H,2,4,7,10-11,14-18H2,1H3/t20-,21+/m1/s1. The van der Waals surface area contributed by atoms with E-state index in [1.807, 2.05) is 18.2 Å². The van der Waals surface area contributed by atoms with E-state index in [1.54, 1.807) is 19.5 Å². The highest BCUT2D eigenvalue weighted by molar-refractivity contribution is 5.78. The highest BCUT2D eigenvalue weighted by Gasteiger charge is 2.33. The van der Waals surface area contributed by atoms with Crippen LogP contribution in [0.25, 0.3) is 0 Å². The van der Waals surface area contributed by atoms with E-state index in [2.05, 4.69) is 37.2 Å². The molecule has 1 amide bonds. The molecule has 0 radical (unpaired) electrons. The minimum absolute atomic E-state index is 0.313. The van der Waals surface area contributed by atoms with Gasteiger partial charge >= 0.3 is 0 Å². The molecule has 3 heterocycles. The summed E-state index contributed by atoms with van der Waals surface area (Å²) >= 11 is 0. The molecule has 4 rings (SSSR count). The highest BCUT2D eigenvalue weighted by Crippen LogP contribution is 2.27. The molecule has 0 unspecified atom stereocenters. The third-order valence-corrected chi connectivity index (χ3v) is 6.40. The van der Waals surface area contributed by atoms with Crippen LogP contribution in [0.4, 0.5) is 5.95 Å². The average Bonchev–Trinajstić information content (AvgIpc) is 3.17. The van der Waals surface area contributed by atoms with Crippen LogP contribution in [-0.2, 0) is 11.3 Å². The molecule has 31 heavy (non-hydrogen) atoms. The second kappa shape index (κ2) is 10.6. The van der Waals surface area contributed by atoms with Gasteiger partial charge in [-0.2, -0.15) is 0 Å². The topological polar surface area (TPSA) is 70.6 Å². The van der Waals surface area contributed by atoms with Crippen molar-refractivity contribution in [3.63, 3.8) is 0 Å². The number of rotatable bonds is 9. The van der Waals surface area contributed by atoms with Crippen molar-refractivity contribution in [1.82, 2.24) is 20.2 Å². The zero-order valence-electron chi connectivity index (χ0n) is 18.4. The number of likely N-dealkylation sites (tertiary alicyclic amines) is 1. The Morgan fingerprint density at radius 3 is 2.74 bits per heavy atom. The number of carbonyl (C=O) groups excluding carboxylic acids is 1. The van der Waals surface area contributed by atoms with Crippen LogP contribution in [0.2, 0.25) is 0 Å². The number of amides is 1. The molecule has 7 nitrogen and oxygen atoms in total. The smallest absolute Gasteiger partial charge is 0.225 e. The summed E-state index contributed by atoms with van der Waals surface area (Å²) in [5.41, 5.74) is 1.24. The SMILES string of the molecule is COc1ccc(CNCC[C@@H]2CCC(=O)N2C[C@@H]2CCCN(c3ncccn3)C2)cc1. The predicted molar refractivity (Wildman–Crippen MR) is 121 cm³/mol. The largest absolute Gasteiger partial charge is 0.497 e. The summed E-state index contributed by atoms with van der Waals surface area (Å²) in [6.07, 6.45) is 8.53. The Balaban J connectivity index is 1.25. The maximum atomic E-state index is 12.6. The first kappa shape index (κ1) is 21.6. The number of hydrogen-bond donors (Lipinski definition) is 1. The van der Waals surface area contributed by atoms with E-state index in [0.717, 1.165) is 70.1 Å². The fraction of sp³-hybridized carbons (Fsp3) is 0.542. The van der Waals surface area contributed by atoms with Crippen molar-refractivity contribution in [1.29, 1.82) is 0 Å². The minimum atomic E-state index is 0.313. The van der Waals surface area contributed by atoms with Crippen molar-refractivity contribution >= 4 is 11.9 Å². The number of ether oxygens (including phenoxy) is 1. The third kappa shape index (κ3) is 5.73. The molecule has 2 fully saturated rings. The van der Waals surface area contributed by atoms with Crippen molar-refractivity contribution < 1.29 is 9.53 Å². The number of carbonyl (C=O) groups is 1. The normalized spacial score (nSPS) is 21.5. The molecule has 0 bridgehead atoms. The summed E-state index contributed by atoms with van der Waals surface area (Å²) in [4.78, 5) is 25.8. The summed E-state index contributed by atoms with van der Waals surface area (Å²) < 4.78 is 5.21. The van der Waals surface area contributed by atoms with Crippen LogP contribution in [0.1, 0.15) is 37.7 Å². The van der Waals surface area contributed by atoms with E-state index in [9.17, 15) is 4.79 Å². The molecule has 2 aromatic rings. The van der Waals surface area contributed by atoms with Crippen LogP contribution in [0.3, 0.4) is 0 Å². The monoisotopic (exact) mass is 423 g/mol. The Kier molecular flexibility index (Phi) is 7.35. The van der Waals surface area contributed by atoms with Gasteiger partial charge in [0.15, 0.2) is 0 Å². The molecule has 2 aliphatic rings. The molecule has 1 aromatic carbocycles. The van der Waals surface area contributed by atoms with Crippen LogP contribution in [-0.4, -0.2) is 60.1 Å². The summed E-state index contributed by atoms with van der Waals surface area (Å²) in [5, 5.41) is 3.53. The van der Waals surface area contributed by atoms with Gasteiger partial charge in [0.1, 0.15) is 5.75 Å². The molecule has 1 aromatic heterocycles. The number of aromatic nitrogens is 2. The van der Waals surface area contributed by atoms with Gasteiger partial charge in [0.05, 0.1) is 7.11 Å². The average molecular weight is 424 g/mol. The van der Waals surface area contributed by atoms with Crippen molar-refractivity contribution in [2.24, 2.45) is 5.92 Å². The highest BCUT2D eigenvalue weighted by atomic mass is 16.5. The third-order valence-electron chi connectivity index (χ3n) is 6.40. The number of methoxy groups -OCH3 is 1. The Labute approximate surface area is 184 Å². The van der Waals surface area contributed by atoms with Crippen LogP contribution in [0.5, 0.6) is 5.75 Å². The van der Waals surface area contributed by atoms with E-state index in [-0.39, 0.29) is 0 Å². The van der Waals surface area contributed by atoms with E-state index < -0.39 is 0 Å². The molecule has 2 saturated heterocycles. The molecule has 2 aliphatic heterocycles. The van der Waals surface area contributed by atoms with Gasteiger partial charge in [0.2, 0.25) is 11.9 Å². The zero-order valence-corrected chi connectivity index (χ0v) is 18.4. The molecular weight excluding hydrogens is 390 g/mol. The van der Waals surface area contributed by atoms with Crippen LogP contribution < -0.4 is 15.0 Å². The van der Waals surface area contributed by atoms with Gasteiger partial charge in [-0.05, 0) is 61.9 Å². The number of benzene rings is 1. The number of piperidine rings is 1. The number of nitrogens with zero attached hydrogens (tertiary/aromatic N) is 4. The molecule has 1 N–H and O–H groups in total. The van der Waals surface area contributed by atoms with Crippen LogP contribution in [0.15, 0.2) is 42.7 Å². The minimum Gasteiger partial charge on any atom is -0.497 e. The van der Waals surface area contributed by atoms with Gasteiger partial charge in [-0.15, -0.1) is 0 Å². The summed E-state index contributed by atoms with van der Waals surface area (Å²) in [6.45, 7) is 4.52. The van der Waals surface area contributed by atoms with Crippen molar-refractivity contribution in [2.75, 3.05) is 38.2 Å². The Morgan fingerprint density at radius 1 is 1.16 bits per heavy atom. The van der Waals surface area contributed by atoms with E-state index in [1.165, 1.54) is 5.56 Å². The maximum Gasteiger partial charge on any atom is 0.225 e. The van der Waals surface area contributed by atoms with Crippen molar-refractivity contribution in [2.45, 2.75) is 44.7 Å². The fourth-order valence-corrected chi connectivity index (χ4v) is 4.72. The zero-order chi connectivity index (χ0) is 21.5. The lowest BCUT2D eigenvalue weighted by atomic mass is 9.97. The Bertz CT molecular complexity index is 830. The first-order chi connectivity index (χ1) is 15.2. The molecular formula is C24H33N5O2. The lowest BCUT2D eigenvalue weighted by molar-refractivity contribution is -0.129. The van der Waals surface area contributed by atoms with Crippen molar-refractivity contribution in [3.05, 3.63) is 48.3 Å². The van der Waals surface area contributed by atoms with E-state index >= 15 is 0 Å². The lowest BCUT2D eigenvalue weighted by Crippen LogP contribution is -2.44. The number of nitrogens with one attached hydrogen (secondary N) is 1. The first-order valence-corrected chi connectivity index (χ1v) is 11.4. The van der Waals surface area contributed by atoms with Crippen molar-refractivity contribution in [3.8, 4) is 5.75 Å². The van der Waals surface area contributed by atoms with Gasteiger partial charge in [-0.1, -0.05) is 12.1 Å². The molecule has 166 valence electrons. The fourth-order valence-electron chi connectivity index (χ4n) is 4.72. The Hall–Kier alpha value is -2.67. The molecule has 0 saturated carbocycles. The van der Waals surface area contributed by atoms with Gasteiger partial charge in [-0.3, -0.25) is 4.79 Å². The van der Waals surface area contributed by atoms with Crippen LogP contribution >= 0.6 is 0 Å². The summed E-state index contributed by atoms with van der Waals surface area (Å²) in [7, 11) is 1.68. The van der Waals surface area contributed by atoms with E-state index in [4.69, 9.17) is 4.74 Å².